The molecule has 2 aliphatic heterocycles. The molecule has 0 spiro atoms. The second kappa shape index (κ2) is 28.4. The van der Waals surface area contributed by atoms with Crippen molar-refractivity contribution in [2.24, 2.45) is 5.92 Å². The fourth-order valence-electron chi connectivity index (χ4n) is 7.33. The maximum atomic E-state index is 13.0. The van der Waals surface area contributed by atoms with E-state index in [1.807, 2.05) is 0 Å². The van der Waals surface area contributed by atoms with E-state index in [1.54, 1.807) is 33.4 Å². The van der Waals surface area contributed by atoms with Crippen molar-refractivity contribution in [3.05, 3.63) is 0 Å². The molecule has 2 aliphatic rings. The van der Waals surface area contributed by atoms with Crippen LogP contribution in [0.4, 0.5) is 0 Å². The fourth-order valence-corrected chi connectivity index (χ4v) is 7.33. The minimum atomic E-state index is -1.73. The first-order valence-electron chi connectivity index (χ1n) is 21.4. The topological polar surface area (TPSA) is 368 Å². The zero-order valence-electron chi connectivity index (χ0n) is 37.1. The van der Waals surface area contributed by atoms with Crippen LogP contribution in [0.15, 0.2) is 0 Å². The molecule has 6 amide bonds. The van der Waals surface area contributed by atoms with Gasteiger partial charge in [0.15, 0.2) is 0 Å². The van der Waals surface area contributed by atoms with Gasteiger partial charge in [-0.2, -0.15) is 0 Å². The van der Waals surface area contributed by atoms with Crippen molar-refractivity contribution in [3.8, 4) is 0 Å². The molecule has 0 unspecified atom stereocenters. The van der Waals surface area contributed by atoms with Crippen LogP contribution in [0.5, 0.6) is 0 Å². The van der Waals surface area contributed by atoms with E-state index in [-0.39, 0.29) is 91.3 Å². The Morgan fingerprint density at radius 2 is 1.05 bits per heavy atom. The van der Waals surface area contributed by atoms with Crippen molar-refractivity contribution in [1.29, 1.82) is 0 Å². The molecule has 0 saturated carbocycles. The summed E-state index contributed by atoms with van der Waals surface area (Å²) in [6, 6.07) is -3.28. The molecule has 2 heterocycles. The normalized spacial score (nSPS) is 18.5. The Labute approximate surface area is 376 Å². The minimum Gasteiger partial charge on any atom is -0.480 e. The summed E-state index contributed by atoms with van der Waals surface area (Å²) in [5, 5.41) is 69.6. The lowest BCUT2D eigenvalue weighted by atomic mass is 9.78. The van der Waals surface area contributed by atoms with E-state index in [0.29, 0.717) is 19.4 Å². The summed E-state index contributed by atoms with van der Waals surface area (Å²) in [4.78, 5) is 130. The average Bonchev–Trinajstić information content (AvgIpc) is 3.72. The van der Waals surface area contributed by atoms with Crippen LogP contribution < -0.4 is 26.6 Å². The van der Waals surface area contributed by atoms with Gasteiger partial charge in [-0.25, -0.2) is 0 Å². The van der Waals surface area contributed by atoms with E-state index in [0.717, 1.165) is 0 Å². The summed E-state index contributed by atoms with van der Waals surface area (Å²) in [6.07, 6.45) is 0.790. The molecule has 27 heteroatoms. The maximum Gasteiger partial charge on any atom is 0.475 e. The van der Waals surface area contributed by atoms with Gasteiger partial charge in [-0.15, -0.1) is 0 Å². The third kappa shape index (κ3) is 21.4. The first kappa shape index (κ1) is 55.7. The molecular weight excluding hydrogens is 863 g/mol. The predicted molar refractivity (Wildman–Crippen MR) is 227 cm³/mol. The van der Waals surface area contributed by atoms with Crippen LogP contribution in [-0.2, 0) is 47.9 Å². The summed E-state index contributed by atoms with van der Waals surface area (Å²) in [7, 11) is -1.73. The van der Waals surface area contributed by atoms with Crippen molar-refractivity contribution >= 4 is 66.4 Å². The number of likely N-dealkylation sites (tertiary alicyclic amines) is 1. The van der Waals surface area contributed by atoms with E-state index in [9.17, 15) is 78.4 Å². The Morgan fingerprint density at radius 3 is 1.48 bits per heavy atom. The van der Waals surface area contributed by atoms with Gasteiger partial charge in [0.1, 0.15) is 18.1 Å². The second-order valence-electron chi connectivity index (χ2n) is 16.3. The molecule has 366 valence electrons. The molecule has 0 aliphatic carbocycles. The SMILES string of the molecule is CC(C)[C@H](NC(=O)CNC(=O)CNC(=O)CNC(=O)CCC[C@H](C(=O)O)N1CCN(CC(=O)O)CCN(CC(=O)O)CCN(CC(=O)O)CC1)C(=O)N[C@H](C)C(=O)N1CCC[C@H]1B(O)O. The Bertz CT molecular complexity index is 1640. The molecule has 65 heavy (non-hydrogen) atoms. The van der Waals surface area contributed by atoms with Gasteiger partial charge < -0.3 is 62.0 Å². The van der Waals surface area contributed by atoms with Crippen molar-refractivity contribution in [3.63, 3.8) is 0 Å². The molecule has 2 saturated heterocycles. The lowest BCUT2D eigenvalue weighted by molar-refractivity contribution is -0.145. The van der Waals surface area contributed by atoms with Crippen LogP contribution in [0.2, 0.25) is 0 Å². The summed E-state index contributed by atoms with van der Waals surface area (Å²) in [6.45, 7) is 3.19. The standard InChI is InChI=1S/C38H65BN10O16/c1-24(2)35(36(60)43-25(3)37(61)49-9-5-7-27(49)39(64)65)44-31(53)20-42-30(52)19-41-29(51)18-40-28(50)8-4-6-26(38(62)63)48-16-14-46(22-33(56)57)12-10-45(21-32(54)55)11-13-47(15-17-48)23-34(58)59/h24-27,35,64-65H,4-23H2,1-3H3,(H,40,50)(H,41,51)(H,42,52)(H,43,60)(H,44,53)(H,54,55)(H,56,57)(H,58,59)(H,62,63)/t25-,26-,27+,35+/m1/s1. The number of aliphatic carboxylic acids is 4. The molecular formula is C38H65BN10O16. The van der Waals surface area contributed by atoms with Crippen molar-refractivity contribution in [2.45, 2.75) is 76.9 Å². The number of carbonyl (C=O) groups excluding carboxylic acids is 6. The number of hydrogen-bond acceptors (Lipinski definition) is 16. The van der Waals surface area contributed by atoms with E-state index in [4.69, 9.17) is 0 Å². The number of carbonyl (C=O) groups is 10. The molecule has 0 aromatic heterocycles. The van der Waals surface area contributed by atoms with Gasteiger partial charge in [-0.1, -0.05) is 13.8 Å². The highest BCUT2D eigenvalue weighted by atomic mass is 16.4. The van der Waals surface area contributed by atoms with Gasteiger partial charge in [-0.05, 0) is 38.5 Å². The summed E-state index contributed by atoms with van der Waals surface area (Å²) >= 11 is 0. The number of nitrogens with zero attached hydrogens (tertiary/aromatic N) is 5. The smallest absolute Gasteiger partial charge is 0.475 e. The highest BCUT2D eigenvalue weighted by Crippen LogP contribution is 2.19. The Hall–Kier alpha value is -5.48. The van der Waals surface area contributed by atoms with Crippen LogP contribution >= 0.6 is 0 Å². The molecule has 26 nitrogen and oxygen atoms in total. The van der Waals surface area contributed by atoms with E-state index < -0.39 is 116 Å². The second-order valence-corrected chi connectivity index (χ2v) is 16.3. The number of carboxylic acids is 4. The number of carboxylic acid groups (broad SMARTS) is 4. The monoisotopic (exact) mass is 928 g/mol. The van der Waals surface area contributed by atoms with Crippen molar-refractivity contribution < 1.29 is 78.4 Å². The fraction of sp³-hybridized carbons (Fsp3) is 0.737. The Balaban J connectivity index is 1.85. The molecule has 11 N–H and O–H groups in total. The quantitative estimate of drug-likeness (QED) is 0.0402. The predicted octanol–water partition coefficient (Wildman–Crippen LogP) is -5.92. The van der Waals surface area contributed by atoms with Crippen molar-refractivity contribution in [2.75, 3.05) is 98.2 Å². The third-order valence-corrected chi connectivity index (χ3v) is 10.8. The summed E-state index contributed by atoms with van der Waals surface area (Å²) in [5.41, 5.74) is 0. The highest BCUT2D eigenvalue weighted by molar-refractivity contribution is 6.43. The number of amides is 6. The van der Waals surface area contributed by atoms with Gasteiger partial charge in [0, 0.05) is 65.3 Å². The maximum absolute atomic E-state index is 13.0. The Morgan fingerprint density at radius 1 is 0.600 bits per heavy atom. The van der Waals surface area contributed by atoms with Crippen molar-refractivity contribution in [1.82, 2.24) is 51.1 Å². The Kier molecular flexibility index (Phi) is 24.3. The third-order valence-electron chi connectivity index (χ3n) is 10.8. The molecule has 0 aromatic rings. The van der Waals surface area contributed by atoms with E-state index in [2.05, 4.69) is 26.6 Å². The van der Waals surface area contributed by atoms with E-state index in [1.165, 1.54) is 11.8 Å². The van der Waals surface area contributed by atoms with E-state index >= 15 is 0 Å². The zero-order chi connectivity index (χ0) is 48.8. The van der Waals surface area contributed by atoms with Gasteiger partial charge in [0.2, 0.25) is 35.4 Å². The average molecular weight is 929 g/mol. The largest absolute Gasteiger partial charge is 0.480 e. The number of hydrogen-bond donors (Lipinski definition) is 11. The molecule has 0 radical (unpaired) electrons. The summed E-state index contributed by atoms with van der Waals surface area (Å²) < 4.78 is 0. The van der Waals surface area contributed by atoms with Gasteiger partial charge in [0.25, 0.3) is 0 Å². The lowest BCUT2D eigenvalue weighted by Gasteiger charge is -2.35. The molecule has 2 rings (SSSR count). The molecule has 0 bridgehead atoms. The van der Waals surface area contributed by atoms with Gasteiger partial charge in [-0.3, -0.25) is 67.5 Å². The summed E-state index contributed by atoms with van der Waals surface area (Å²) in [5.74, 6) is -9.89. The number of nitrogens with one attached hydrogen (secondary N) is 5. The molecule has 4 atom stereocenters. The van der Waals surface area contributed by atoms with Crippen LogP contribution in [0.3, 0.4) is 0 Å². The van der Waals surface area contributed by atoms with Gasteiger partial charge in [0.05, 0.1) is 45.2 Å². The van der Waals surface area contributed by atoms with Crippen LogP contribution in [-0.4, -0.2) is 244 Å². The first-order chi connectivity index (χ1) is 30.6. The molecule has 2 fully saturated rings. The van der Waals surface area contributed by atoms with Crippen LogP contribution in [0.1, 0.15) is 52.9 Å². The van der Waals surface area contributed by atoms with Crippen LogP contribution in [0.25, 0.3) is 0 Å². The van der Waals surface area contributed by atoms with Gasteiger partial charge >= 0.3 is 31.0 Å². The molecule has 0 aromatic carbocycles. The lowest BCUT2D eigenvalue weighted by Crippen LogP contribution is -2.57. The zero-order valence-corrected chi connectivity index (χ0v) is 37.1. The first-order valence-corrected chi connectivity index (χ1v) is 21.4. The number of rotatable bonds is 24. The minimum absolute atomic E-state index is 0.0371. The highest BCUT2D eigenvalue weighted by Gasteiger charge is 2.39. The van der Waals surface area contributed by atoms with Crippen LogP contribution in [0, 0.1) is 5.92 Å².